The van der Waals surface area contributed by atoms with Gasteiger partial charge in [-0.25, -0.2) is 4.79 Å². The fraction of sp³-hybridized carbons (Fsp3) is 0.500. The lowest BCUT2D eigenvalue weighted by molar-refractivity contribution is -0.141. The third-order valence-corrected chi connectivity index (χ3v) is 3.96. The van der Waals surface area contributed by atoms with Gasteiger partial charge >= 0.3 is 12.0 Å². The van der Waals surface area contributed by atoms with E-state index in [-0.39, 0.29) is 18.0 Å². The molecule has 2 atom stereocenters. The maximum Gasteiger partial charge on any atom is 0.317 e. The van der Waals surface area contributed by atoms with Crippen LogP contribution in [-0.4, -0.2) is 35.1 Å². The monoisotopic (exact) mass is 290 g/mol. The van der Waals surface area contributed by atoms with Crippen LogP contribution < -0.4 is 5.32 Å². The van der Waals surface area contributed by atoms with Gasteiger partial charge in [0.25, 0.3) is 0 Å². The van der Waals surface area contributed by atoms with E-state index in [0.717, 1.165) is 12.0 Å². The van der Waals surface area contributed by atoms with Crippen LogP contribution in [0, 0.1) is 12.8 Å². The number of amides is 2. The van der Waals surface area contributed by atoms with E-state index in [9.17, 15) is 9.59 Å². The van der Waals surface area contributed by atoms with Gasteiger partial charge in [-0.1, -0.05) is 29.8 Å². The molecule has 114 valence electrons. The van der Waals surface area contributed by atoms with Crippen LogP contribution in [0.2, 0.25) is 0 Å². The Bertz CT molecular complexity index is 530. The van der Waals surface area contributed by atoms with Gasteiger partial charge in [-0.05, 0) is 31.7 Å². The molecule has 1 saturated carbocycles. The van der Waals surface area contributed by atoms with Crippen molar-refractivity contribution in [1.29, 1.82) is 0 Å². The van der Waals surface area contributed by atoms with E-state index >= 15 is 0 Å². The molecule has 5 nitrogen and oxygen atoms in total. The average Bonchev–Trinajstić information content (AvgIpc) is 2.87. The molecule has 1 aliphatic rings. The Morgan fingerprint density at radius 3 is 2.76 bits per heavy atom. The summed E-state index contributed by atoms with van der Waals surface area (Å²) in [6.07, 6.45) is 1.90. The fourth-order valence-corrected chi connectivity index (χ4v) is 2.78. The minimum absolute atomic E-state index is 0.0291. The molecule has 2 N–H and O–H groups in total. The summed E-state index contributed by atoms with van der Waals surface area (Å²) in [5.41, 5.74) is 2.25. The van der Waals surface area contributed by atoms with Crippen LogP contribution in [-0.2, 0) is 11.3 Å². The van der Waals surface area contributed by atoms with Gasteiger partial charge < -0.3 is 15.3 Å². The molecule has 0 spiro atoms. The predicted molar refractivity (Wildman–Crippen MR) is 79.9 cm³/mol. The molecule has 1 fully saturated rings. The van der Waals surface area contributed by atoms with Crippen LogP contribution in [0.3, 0.4) is 0 Å². The summed E-state index contributed by atoms with van der Waals surface area (Å²) in [7, 11) is 1.75. The highest BCUT2D eigenvalue weighted by atomic mass is 16.4. The molecule has 2 unspecified atom stereocenters. The minimum Gasteiger partial charge on any atom is -0.481 e. The van der Waals surface area contributed by atoms with Crippen LogP contribution in [0.5, 0.6) is 0 Å². The zero-order valence-corrected chi connectivity index (χ0v) is 12.5. The van der Waals surface area contributed by atoms with Crippen LogP contribution in [0.1, 0.15) is 30.4 Å². The predicted octanol–water partition coefficient (Wildman–Crippen LogP) is 2.39. The Kier molecular flexibility index (Phi) is 4.83. The van der Waals surface area contributed by atoms with Gasteiger partial charge in [0.05, 0.1) is 5.92 Å². The summed E-state index contributed by atoms with van der Waals surface area (Å²) in [6, 6.07) is 7.87. The summed E-state index contributed by atoms with van der Waals surface area (Å²) >= 11 is 0. The van der Waals surface area contributed by atoms with Crippen molar-refractivity contribution in [3.8, 4) is 0 Å². The fourth-order valence-electron chi connectivity index (χ4n) is 2.78. The Balaban J connectivity index is 1.84. The zero-order chi connectivity index (χ0) is 15.4. The van der Waals surface area contributed by atoms with E-state index < -0.39 is 5.97 Å². The molecule has 0 bridgehead atoms. The molecule has 0 aliphatic heterocycles. The van der Waals surface area contributed by atoms with Crippen molar-refractivity contribution in [2.24, 2.45) is 5.92 Å². The molecule has 5 heteroatoms. The van der Waals surface area contributed by atoms with Gasteiger partial charge in [-0.15, -0.1) is 0 Å². The molecule has 21 heavy (non-hydrogen) atoms. The molecule has 2 amide bonds. The molecule has 0 heterocycles. The summed E-state index contributed by atoms with van der Waals surface area (Å²) in [5, 5.41) is 11.9. The van der Waals surface area contributed by atoms with Crippen molar-refractivity contribution in [2.75, 3.05) is 7.05 Å². The summed E-state index contributed by atoms with van der Waals surface area (Å²) < 4.78 is 0. The molecule has 1 aromatic rings. The van der Waals surface area contributed by atoms with E-state index in [1.807, 2.05) is 25.1 Å². The summed E-state index contributed by atoms with van der Waals surface area (Å²) in [5.74, 6) is -1.09. The number of carbonyl (C=O) groups excluding carboxylic acids is 1. The van der Waals surface area contributed by atoms with Crippen molar-refractivity contribution >= 4 is 12.0 Å². The molecule has 1 aliphatic carbocycles. The summed E-state index contributed by atoms with van der Waals surface area (Å²) in [4.78, 5) is 24.7. The molecule has 2 rings (SSSR count). The number of urea groups is 1. The van der Waals surface area contributed by atoms with Crippen LogP contribution in [0.25, 0.3) is 0 Å². The van der Waals surface area contributed by atoms with Crippen molar-refractivity contribution in [3.63, 3.8) is 0 Å². The SMILES string of the molecule is Cc1cccc(CN(C)C(=O)NC2CCC(C(=O)O)C2)c1. The van der Waals surface area contributed by atoms with Gasteiger partial charge in [-0.3, -0.25) is 4.79 Å². The third-order valence-electron chi connectivity index (χ3n) is 3.96. The lowest BCUT2D eigenvalue weighted by Gasteiger charge is -2.21. The second-order valence-electron chi connectivity index (χ2n) is 5.84. The number of rotatable bonds is 4. The van der Waals surface area contributed by atoms with Gasteiger partial charge in [0.2, 0.25) is 0 Å². The number of carbonyl (C=O) groups is 2. The molecule has 0 aromatic heterocycles. The number of hydrogen-bond donors (Lipinski definition) is 2. The minimum atomic E-state index is -0.764. The normalized spacial score (nSPS) is 21.0. The first-order valence-corrected chi connectivity index (χ1v) is 7.25. The number of aliphatic carboxylic acids is 1. The quantitative estimate of drug-likeness (QED) is 0.894. The standard InChI is InChI=1S/C16H22N2O3/c1-11-4-3-5-12(8-11)10-18(2)16(21)17-14-7-6-13(9-14)15(19)20/h3-5,8,13-14H,6-7,9-10H2,1-2H3,(H,17,21)(H,19,20). The van der Waals surface area contributed by atoms with Gasteiger partial charge in [0.1, 0.15) is 0 Å². The molecular formula is C16H22N2O3. The van der Waals surface area contributed by atoms with E-state index in [2.05, 4.69) is 11.4 Å². The van der Waals surface area contributed by atoms with Gasteiger partial charge in [-0.2, -0.15) is 0 Å². The van der Waals surface area contributed by atoms with E-state index in [0.29, 0.717) is 19.4 Å². The second-order valence-corrected chi connectivity index (χ2v) is 5.84. The number of carboxylic acid groups (broad SMARTS) is 1. The first-order chi connectivity index (χ1) is 9.95. The highest BCUT2D eigenvalue weighted by Crippen LogP contribution is 2.25. The molecule has 0 saturated heterocycles. The molecule has 1 aromatic carbocycles. The highest BCUT2D eigenvalue weighted by molar-refractivity contribution is 5.75. The van der Waals surface area contributed by atoms with E-state index in [4.69, 9.17) is 5.11 Å². The summed E-state index contributed by atoms with van der Waals surface area (Å²) in [6.45, 7) is 2.57. The second kappa shape index (κ2) is 6.61. The number of hydrogen-bond acceptors (Lipinski definition) is 2. The first-order valence-electron chi connectivity index (χ1n) is 7.25. The Hall–Kier alpha value is -2.04. The van der Waals surface area contributed by atoms with Crippen molar-refractivity contribution in [3.05, 3.63) is 35.4 Å². The highest BCUT2D eigenvalue weighted by Gasteiger charge is 2.30. The van der Waals surface area contributed by atoms with E-state index in [1.54, 1.807) is 11.9 Å². The molecular weight excluding hydrogens is 268 g/mol. The lowest BCUT2D eigenvalue weighted by atomic mass is 10.1. The topological polar surface area (TPSA) is 69.6 Å². The van der Waals surface area contributed by atoms with Gasteiger partial charge in [0.15, 0.2) is 0 Å². The number of carboxylic acids is 1. The number of nitrogens with one attached hydrogen (secondary N) is 1. The van der Waals surface area contributed by atoms with Crippen molar-refractivity contribution < 1.29 is 14.7 Å². The zero-order valence-electron chi connectivity index (χ0n) is 12.5. The van der Waals surface area contributed by atoms with Gasteiger partial charge in [0, 0.05) is 19.6 Å². The van der Waals surface area contributed by atoms with Crippen LogP contribution >= 0.6 is 0 Å². The van der Waals surface area contributed by atoms with Crippen molar-refractivity contribution in [2.45, 2.75) is 38.8 Å². The van der Waals surface area contributed by atoms with E-state index in [1.165, 1.54) is 5.56 Å². The number of benzene rings is 1. The third kappa shape index (κ3) is 4.21. The largest absolute Gasteiger partial charge is 0.481 e. The average molecular weight is 290 g/mol. The van der Waals surface area contributed by atoms with Crippen LogP contribution in [0.15, 0.2) is 24.3 Å². The Morgan fingerprint density at radius 1 is 1.38 bits per heavy atom. The Morgan fingerprint density at radius 2 is 2.14 bits per heavy atom. The number of aryl methyl sites for hydroxylation is 1. The Labute approximate surface area is 125 Å². The van der Waals surface area contributed by atoms with Crippen LogP contribution in [0.4, 0.5) is 4.79 Å². The first kappa shape index (κ1) is 15.4. The lowest BCUT2D eigenvalue weighted by Crippen LogP contribution is -2.42. The number of nitrogens with zero attached hydrogens (tertiary/aromatic N) is 1. The molecule has 0 radical (unpaired) electrons. The van der Waals surface area contributed by atoms with Crippen molar-refractivity contribution in [1.82, 2.24) is 10.2 Å². The maximum absolute atomic E-state index is 12.1. The maximum atomic E-state index is 12.1. The smallest absolute Gasteiger partial charge is 0.317 e.